The molecule has 1 rings (SSSR count). The average molecular weight is 256 g/mol. The number of piperazine rings is 1. The maximum Gasteiger partial charge on any atom is 0.227 e. The number of nitriles is 2. The van der Waals surface area contributed by atoms with Crippen molar-refractivity contribution in [1.82, 2.24) is 9.21 Å². The second-order valence-corrected chi connectivity index (χ2v) is 5.87. The van der Waals surface area contributed by atoms with Crippen LogP contribution >= 0.6 is 0 Å². The summed E-state index contributed by atoms with van der Waals surface area (Å²) in [6, 6.07) is 3.73. The molecule has 1 fully saturated rings. The van der Waals surface area contributed by atoms with Crippen molar-refractivity contribution >= 4 is 10.0 Å². The van der Waals surface area contributed by atoms with Gasteiger partial charge >= 0.3 is 0 Å². The minimum absolute atomic E-state index is 0.143. The summed E-state index contributed by atoms with van der Waals surface area (Å²) in [5.41, 5.74) is 0. The molecule has 17 heavy (non-hydrogen) atoms. The Bertz CT molecular complexity index is 426. The van der Waals surface area contributed by atoms with Crippen LogP contribution < -0.4 is 0 Å². The Labute approximate surface area is 102 Å². The van der Waals surface area contributed by atoms with E-state index in [1.165, 1.54) is 4.31 Å². The van der Waals surface area contributed by atoms with E-state index < -0.39 is 15.8 Å². The zero-order valence-electron chi connectivity index (χ0n) is 9.83. The highest BCUT2D eigenvalue weighted by atomic mass is 32.2. The number of sulfonamides is 1. The second kappa shape index (κ2) is 5.97. The van der Waals surface area contributed by atoms with Gasteiger partial charge in [-0.05, 0) is 6.42 Å². The summed E-state index contributed by atoms with van der Waals surface area (Å²) in [6.07, 6.45) is 0.738. The maximum atomic E-state index is 11.6. The molecule has 7 heteroatoms. The highest BCUT2D eigenvalue weighted by Gasteiger charge is 2.28. The van der Waals surface area contributed by atoms with E-state index in [0.717, 1.165) is 6.42 Å². The summed E-state index contributed by atoms with van der Waals surface area (Å²) in [7, 11) is -3.43. The molecule has 0 radical (unpaired) electrons. The van der Waals surface area contributed by atoms with Crippen molar-refractivity contribution in [1.29, 1.82) is 10.5 Å². The van der Waals surface area contributed by atoms with Gasteiger partial charge in [-0.15, -0.1) is 0 Å². The Balaban J connectivity index is 2.58. The highest BCUT2D eigenvalue weighted by Crippen LogP contribution is 2.11. The monoisotopic (exact) mass is 256 g/mol. The van der Waals surface area contributed by atoms with Crippen LogP contribution in [0.25, 0.3) is 0 Å². The lowest BCUT2D eigenvalue weighted by atomic mass is 10.2. The number of hydrogen-bond donors (Lipinski definition) is 0. The fourth-order valence-corrected chi connectivity index (χ4v) is 2.96. The van der Waals surface area contributed by atoms with Gasteiger partial charge in [-0.3, -0.25) is 4.90 Å². The number of rotatable bonds is 4. The minimum atomic E-state index is -3.43. The maximum absolute atomic E-state index is 11.6. The second-order valence-electron chi connectivity index (χ2n) is 3.90. The Kier molecular flexibility index (Phi) is 4.88. The molecule has 1 heterocycles. The van der Waals surface area contributed by atoms with Crippen molar-refractivity contribution in [2.24, 2.45) is 0 Å². The smallest absolute Gasteiger partial charge is 0.227 e. The summed E-state index contributed by atoms with van der Waals surface area (Å²) in [4.78, 5) is 1.98. The van der Waals surface area contributed by atoms with Gasteiger partial charge in [0.05, 0.1) is 18.2 Å². The normalized spacial score (nSPS) is 20.4. The van der Waals surface area contributed by atoms with Crippen LogP contribution in [-0.4, -0.2) is 55.6 Å². The summed E-state index contributed by atoms with van der Waals surface area (Å²) in [6.45, 7) is 3.77. The van der Waals surface area contributed by atoms with Crippen molar-refractivity contribution in [2.75, 3.05) is 31.9 Å². The number of nitrogens with zero attached hydrogens (tertiary/aromatic N) is 4. The standard InChI is InChI=1S/C10H16N4O2S/c1-2-10(9-12)13-4-6-14(7-5-13)17(15,16)8-3-11/h10H,2,4-8H2,1H3. The summed E-state index contributed by atoms with van der Waals surface area (Å²) >= 11 is 0. The van der Waals surface area contributed by atoms with E-state index >= 15 is 0 Å². The lowest BCUT2D eigenvalue weighted by molar-refractivity contribution is 0.160. The van der Waals surface area contributed by atoms with Gasteiger partial charge in [-0.1, -0.05) is 6.92 Å². The van der Waals surface area contributed by atoms with Crippen LogP contribution in [0.15, 0.2) is 0 Å². The van der Waals surface area contributed by atoms with Crippen molar-refractivity contribution in [3.63, 3.8) is 0 Å². The highest BCUT2D eigenvalue weighted by molar-refractivity contribution is 7.89. The molecule has 0 aromatic heterocycles. The third-order valence-corrected chi connectivity index (χ3v) is 4.54. The first-order chi connectivity index (χ1) is 8.05. The van der Waals surface area contributed by atoms with E-state index in [2.05, 4.69) is 6.07 Å². The molecule has 0 aromatic rings. The first-order valence-corrected chi connectivity index (χ1v) is 7.14. The molecule has 0 saturated carbocycles. The SMILES string of the molecule is CCC(C#N)N1CCN(S(=O)(=O)CC#N)CC1. The van der Waals surface area contributed by atoms with Gasteiger partial charge in [-0.2, -0.15) is 14.8 Å². The van der Waals surface area contributed by atoms with Crippen LogP contribution in [0.5, 0.6) is 0 Å². The van der Waals surface area contributed by atoms with Gasteiger partial charge in [0, 0.05) is 26.2 Å². The summed E-state index contributed by atoms with van der Waals surface area (Å²) in [5, 5.41) is 17.4. The fraction of sp³-hybridized carbons (Fsp3) is 0.800. The molecule has 1 aliphatic heterocycles. The molecule has 0 N–H and O–H groups in total. The third-order valence-electron chi connectivity index (χ3n) is 2.89. The molecular weight excluding hydrogens is 240 g/mol. The van der Waals surface area contributed by atoms with Crippen LogP contribution in [0.1, 0.15) is 13.3 Å². The van der Waals surface area contributed by atoms with E-state index in [0.29, 0.717) is 26.2 Å². The molecule has 0 bridgehead atoms. The van der Waals surface area contributed by atoms with Gasteiger partial charge in [0.2, 0.25) is 10.0 Å². The van der Waals surface area contributed by atoms with Crippen molar-refractivity contribution in [3.05, 3.63) is 0 Å². The van der Waals surface area contributed by atoms with Gasteiger partial charge in [-0.25, -0.2) is 8.42 Å². The average Bonchev–Trinajstić information content (AvgIpc) is 2.31. The molecule has 0 amide bonds. The Morgan fingerprint density at radius 1 is 1.24 bits per heavy atom. The number of hydrogen-bond acceptors (Lipinski definition) is 5. The van der Waals surface area contributed by atoms with Gasteiger partial charge in [0.15, 0.2) is 5.75 Å². The Hall–Kier alpha value is -1.15. The molecular formula is C10H16N4O2S. The van der Waals surface area contributed by atoms with Crippen LogP contribution in [0.3, 0.4) is 0 Å². The first kappa shape index (κ1) is 13.9. The van der Waals surface area contributed by atoms with E-state index in [1.54, 1.807) is 6.07 Å². The Morgan fingerprint density at radius 3 is 2.24 bits per heavy atom. The van der Waals surface area contributed by atoms with Crippen LogP contribution in [0.4, 0.5) is 0 Å². The molecule has 1 unspecified atom stereocenters. The van der Waals surface area contributed by atoms with E-state index in [4.69, 9.17) is 10.5 Å². The fourth-order valence-electron chi connectivity index (χ4n) is 1.90. The first-order valence-electron chi connectivity index (χ1n) is 5.53. The minimum Gasteiger partial charge on any atom is -0.285 e. The predicted molar refractivity (Wildman–Crippen MR) is 62.2 cm³/mol. The molecule has 94 valence electrons. The molecule has 1 atom stereocenters. The molecule has 6 nitrogen and oxygen atoms in total. The largest absolute Gasteiger partial charge is 0.285 e. The van der Waals surface area contributed by atoms with Crippen molar-refractivity contribution < 1.29 is 8.42 Å². The molecule has 0 aliphatic carbocycles. The van der Waals surface area contributed by atoms with E-state index in [9.17, 15) is 8.42 Å². The van der Waals surface area contributed by atoms with E-state index in [1.807, 2.05) is 11.8 Å². The molecule has 1 aliphatic rings. The Morgan fingerprint density at radius 2 is 1.82 bits per heavy atom. The lowest BCUT2D eigenvalue weighted by Crippen LogP contribution is -2.51. The van der Waals surface area contributed by atoms with Crippen LogP contribution in [0.2, 0.25) is 0 Å². The molecule has 0 aromatic carbocycles. The topological polar surface area (TPSA) is 88.2 Å². The molecule has 1 saturated heterocycles. The summed E-state index contributed by atoms with van der Waals surface area (Å²) < 4.78 is 24.6. The van der Waals surface area contributed by atoms with Crippen LogP contribution in [0, 0.1) is 22.7 Å². The third kappa shape index (κ3) is 3.40. The van der Waals surface area contributed by atoms with Gasteiger partial charge in [0.25, 0.3) is 0 Å². The predicted octanol–water partition coefficient (Wildman–Crippen LogP) is -0.240. The molecule has 0 spiro atoms. The van der Waals surface area contributed by atoms with Crippen LogP contribution in [-0.2, 0) is 10.0 Å². The van der Waals surface area contributed by atoms with E-state index in [-0.39, 0.29) is 6.04 Å². The zero-order chi connectivity index (χ0) is 12.9. The van der Waals surface area contributed by atoms with Crippen molar-refractivity contribution in [2.45, 2.75) is 19.4 Å². The van der Waals surface area contributed by atoms with Gasteiger partial charge in [0.1, 0.15) is 0 Å². The lowest BCUT2D eigenvalue weighted by Gasteiger charge is -2.35. The summed E-state index contributed by atoms with van der Waals surface area (Å²) in [5.74, 6) is -0.470. The quantitative estimate of drug-likeness (QED) is 0.692. The zero-order valence-corrected chi connectivity index (χ0v) is 10.7. The van der Waals surface area contributed by atoms with Gasteiger partial charge < -0.3 is 0 Å². The van der Waals surface area contributed by atoms with Crippen molar-refractivity contribution in [3.8, 4) is 12.1 Å².